The third kappa shape index (κ3) is 3.82. The topological polar surface area (TPSA) is 75.7 Å². The fraction of sp³-hybridized carbons (Fsp3) is 0.211. The van der Waals surface area contributed by atoms with E-state index in [2.05, 4.69) is 10.1 Å². The molecule has 2 aromatic carbocycles. The van der Waals surface area contributed by atoms with Crippen molar-refractivity contribution >= 4 is 40.8 Å². The first kappa shape index (κ1) is 19.8. The van der Waals surface area contributed by atoms with Gasteiger partial charge in [-0.05, 0) is 18.2 Å². The van der Waals surface area contributed by atoms with Crippen molar-refractivity contribution < 1.29 is 27.9 Å². The number of rotatable bonds is 4. The maximum atomic E-state index is 14.0. The Morgan fingerprint density at radius 2 is 1.93 bits per heavy atom. The number of nitrogens with zero attached hydrogens (tertiary/aromatic N) is 1. The molecule has 0 saturated carbocycles. The fourth-order valence-electron chi connectivity index (χ4n) is 2.93. The maximum Gasteiger partial charge on any atom is 0.340 e. The van der Waals surface area contributed by atoms with Gasteiger partial charge in [0.05, 0.1) is 35.0 Å². The number of methoxy groups -OCH3 is 1. The summed E-state index contributed by atoms with van der Waals surface area (Å²) in [4.78, 5) is 37.7. The first-order chi connectivity index (χ1) is 13.3. The molecular weight excluding hydrogens is 394 g/mol. The highest BCUT2D eigenvalue weighted by molar-refractivity contribution is 6.33. The number of anilines is 2. The number of carbonyl (C=O) groups is 3. The third-order valence-corrected chi connectivity index (χ3v) is 4.68. The van der Waals surface area contributed by atoms with Crippen LogP contribution in [0, 0.1) is 17.6 Å². The molecule has 0 radical (unpaired) electrons. The molecular formula is C19H15ClF2N2O4. The lowest BCUT2D eigenvalue weighted by atomic mass is 10.1. The molecule has 9 heteroatoms. The van der Waals surface area contributed by atoms with Gasteiger partial charge in [-0.15, -0.1) is 0 Å². The van der Waals surface area contributed by atoms with E-state index in [1.54, 1.807) is 24.3 Å². The zero-order valence-electron chi connectivity index (χ0n) is 14.7. The molecule has 0 aromatic heterocycles. The minimum atomic E-state index is -1.11. The van der Waals surface area contributed by atoms with Crippen molar-refractivity contribution in [3.8, 4) is 0 Å². The third-order valence-electron chi connectivity index (χ3n) is 4.36. The molecule has 1 N–H and O–H groups in total. The Morgan fingerprint density at radius 1 is 1.21 bits per heavy atom. The molecule has 1 unspecified atom stereocenters. The van der Waals surface area contributed by atoms with E-state index < -0.39 is 35.0 Å². The summed E-state index contributed by atoms with van der Waals surface area (Å²) >= 11 is 6.10. The van der Waals surface area contributed by atoms with Crippen molar-refractivity contribution in [1.82, 2.24) is 0 Å². The quantitative estimate of drug-likeness (QED) is 0.787. The van der Waals surface area contributed by atoms with Gasteiger partial charge in [-0.1, -0.05) is 23.7 Å². The number of benzene rings is 2. The number of amides is 2. The molecule has 2 aromatic rings. The number of esters is 1. The van der Waals surface area contributed by atoms with Crippen LogP contribution < -0.4 is 10.2 Å². The maximum absolute atomic E-state index is 14.0. The number of carbonyl (C=O) groups excluding carboxylic acids is 3. The van der Waals surface area contributed by atoms with Gasteiger partial charge < -0.3 is 15.0 Å². The number of halogens is 3. The Bertz CT molecular complexity index is 967. The Morgan fingerprint density at radius 3 is 2.61 bits per heavy atom. The Hall–Kier alpha value is -3.00. The average molecular weight is 409 g/mol. The minimum absolute atomic E-state index is 0.0566. The average Bonchev–Trinajstić information content (AvgIpc) is 3.05. The van der Waals surface area contributed by atoms with Crippen LogP contribution in [0.2, 0.25) is 5.02 Å². The highest BCUT2D eigenvalue weighted by Gasteiger charge is 2.36. The van der Waals surface area contributed by atoms with E-state index >= 15 is 0 Å². The number of hydrogen-bond acceptors (Lipinski definition) is 4. The second-order valence-corrected chi connectivity index (χ2v) is 6.56. The number of para-hydroxylation sites is 1. The molecule has 0 bridgehead atoms. The van der Waals surface area contributed by atoms with Crippen molar-refractivity contribution in [3.63, 3.8) is 0 Å². The van der Waals surface area contributed by atoms with Crippen LogP contribution in [0.3, 0.4) is 0 Å². The van der Waals surface area contributed by atoms with Crippen molar-refractivity contribution in [3.05, 3.63) is 58.6 Å². The predicted molar refractivity (Wildman–Crippen MR) is 98.2 cm³/mol. The second-order valence-electron chi connectivity index (χ2n) is 6.15. The van der Waals surface area contributed by atoms with Crippen molar-refractivity contribution in [2.24, 2.45) is 5.92 Å². The van der Waals surface area contributed by atoms with Crippen LogP contribution in [-0.2, 0) is 14.3 Å². The molecule has 1 fully saturated rings. The summed E-state index contributed by atoms with van der Waals surface area (Å²) in [5.41, 5.74) is -0.416. The van der Waals surface area contributed by atoms with E-state index in [1.807, 2.05) is 0 Å². The van der Waals surface area contributed by atoms with Crippen molar-refractivity contribution in [1.29, 1.82) is 0 Å². The number of ether oxygens (including phenoxy) is 1. The molecule has 28 heavy (non-hydrogen) atoms. The minimum Gasteiger partial charge on any atom is -0.465 e. The first-order valence-corrected chi connectivity index (χ1v) is 8.62. The molecule has 1 heterocycles. The van der Waals surface area contributed by atoms with Gasteiger partial charge in [0.25, 0.3) is 0 Å². The summed E-state index contributed by atoms with van der Waals surface area (Å²) in [5, 5.41) is 2.67. The summed E-state index contributed by atoms with van der Waals surface area (Å²) in [6, 6.07) is 8.05. The van der Waals surface area contributed by atoms with Gasteiger partial charge in [-0.2, -0.15) is 0 Å². The Labute approximate surface area is 164 Å². The first-order valence-electron chi connectivity index (χ1n) is 8.25. The molecule has 1 aliphatic heterocycles. The largest absolute Gasteiger partial charge is 0.465 e. The van der Waals surface area contributed by atoms with Crippen LogP contribution in [-0.4, -0.2) is 31.4 Å². The normalized spacial score (nSPS) is 16.2. The van der Waals surface area contributed by atoms with Crippen LogP contribution in [0.25, 0.3) is 0 Å². The number of nitrogens with one attached hydrogen (secondary N) is 1. The smallest absolute Gasteiger partial charge is 0.340 e. The van der Waals surface area contributed by atoms with Gasteiger partial charge >= 0.3 is 5.97 Å². The zero-order chi connectivity index (χ0) is 20.4. The molecule has 1 aliphatic rings. The van der Waals surface area contributed by atoms with Crippen molar-refractivity contribution in [2.45, 2.75) is 6.42 Å². The fourth-order valence-corrected chi connectivity index (χ4v) is 3.17. The summed E-state index contributed by atoms with van der Waals surface area (Å²) < 4.78 is 32.2. The van der Waals surface area contributed by atoms with Gasteiger partial charge in [0.2, 0.25) is 11.8 Å². The van der Waals surface area contributed by atoms with Crippen LogP contribution in [0.1, 0.15) is 16.8 Å². The summed E-state index contributed by atoms with van der Waals surface area (Å²) in [6.45, 7) is 0.0566. The van der Waals surface area contributed by atoms with Gasteiger partial charge in [0.1, 0.15) is 11.6 Å². The Balaban J connectivity index is 1.78. The number of hydrogen-bond donors (Lipinski definition) is 1. The van der Waals surface area contributed by atoms with Gasteiger partial charge in [-0.25, -0.2) is 13.6 Å². The van der Waals surface area contributed by atoms with E-state index in [9.17, 15) is 23.2 Å². The van der Waals surface area contributed by atoms with Gasteiger partial charge in [0.15, 0.2) is 0 Å². The molecule has 0 aliphatic carbocycles. The van der Waals surface area contributed by atoms with Crippen LogP contribution >= 0.6 is 11.6 Å². The predicted octanol–water partition coefficient (Wildman–Crippen LogP) is 3.40. The van der Waals surface area contributed by atoms with Crippen LogP contribution in [0.4, 0.5) is 20.2 Å². The second kappa shape index (κ2) is 7.93. The van der Waals surface area contributed by atoms with Crippen molar-refractivity contribution in [2.75, 3.05) is 23.9 Å². The lowest BCUT2D eigenvalue weighted by molar-refractivity contribution is -0.122. The van der Waals surface area contributed by atoms with Crippen LogP contribution in [0.15, 0.2) is 36.4 Å². The SMILES string of the molecule is COC(=O)c1cc(NC(=O)C2CC(=O)N(c3ccccc3Cl)C2)c(F)cc1F. The zero-order valence-corrected chi connectivity index (χ0v) is 15.4. The highest BCUT2D eigenvalue weighted by Crippen LogP contribution is 2.31. The summed E-state index contributed by atoms with van der Waals surface area (Å²) in [6.07, 6.45) is -0.0935. The molecule has 0 spiro atoms. The van der Waals surface area contributed by atoms with E-state index in [1.165, 1.54) is 4.90 Å². The summed E-state index contributed by atoms with van der Waals surface area (Å²) in [7, 11) is 1.05. The van der Waals surface area contributed by atoms with Crippen LogP contribution in [0.5, 0.6) is 0 Å². The molecule has 146 valence electrons. The molecule has 2 amide bonds. The molecule has 3 rings (SSSR count). The summed E-state index contributed by atoms with van der Waals surface area (Å²) in [5.74, 6) is -4.87. The Kier molecular flexibility index (Phi) is 5.60. The van der Waals surface area contributed by atoms with E-state index in [0.29, 0.717) is 16.8 Å². The standard InChI is InChI=1S/C19H15ClF2N2O4/c1-28-19(27)11-7-15(14(22)8-13(11)21)23-18(26)10-6-17(25)24(9-10)16-5-3-2-4-12(16)20/h2-5,7-8,10H,6,9H2,1H3,(H,23,26). The molecule has 6 nitrogen and oxygen atoms in total. The lowest BCUT2D eigenvalue weighted by Crippen LogP contribution is -2.28. The monoisotopic (exact) mass is 408 g/mol. The van der Waals surface area contributed by atoms with E-state index in [-0.39, 0.29) is 24.6 Å². The molecule has 1 saturated heterocycles. The highest BCUT2D eigenvalue weighted by atomic mass is 35.5. The van der Waals surface area contributed by atoms with Gasteiger partial charge in [0, 0.05) is 19.0 Å². The van der Waals surface area contributed by atoms with E-state index in [4.69, 9.17) is 11.6 Å². The molecule has 1 atom stereocenters. The van der Waals surface area contributed by atoms with Gasteiger partial charge in [-0.3, -0.25) is 9.59 Å². The lowest BCUT2D eigenvalue weighted by Gasteiger charge is -2.18. The van der Waals surface area contributed by atoms with E-state index in [0.717, 1.165) is 13.2 Å².